The highest BCUT2D eigenvalue weighted by atomic mass is 19.1. The van der Waals surface area contributed by atoms with Gasteiger partial charge in [0.25, 0.3) is 0 Å². The molecule has 2 rings (SSSR count). The first-order valence-corrected chi connectivity index (χ1v) is 6.03. The highest BCUT2D eigenvalue weighted by molar-refractivity contribution is 5.30. The van der Waals surface area contributed by atoms with Crippen LogP contribution in [0.2, 0.25) is 0 Å². The average molecular weight is 248 g/mol. The number of benzene rings is 1. The molecule has 0 aliphatic heterocycles. The first-order chi connectivity index (χ1) is 8.63. The summed E-state index contributed by atoms with van der Waals surface area (Å²) >= 11 is 0. The highest BCUT2D eigenvalue weighted by Crippen LogP contribution is 2.21. The fraction of sp³-hybridized carbons (Fsp3) is 0.385. The van der Waals surface area contributed by atoms with Crippen LogP contribution in [0.5, 0.6) is 0 Å². The van der Waals surface area contributed by atoms with Gasteiger partial charge >= 0.3 is 0 Å². The summed E-state index contributed by atoms with van der Waals surface area (Å²) in [5.41, 5.74) is 8.50. The number of halogens is 1. The van der Waals surface area contributed by atoms with Gasteiger partial charge in [0.2, 0.25) is 0 Å². The van der Waals surface area contributed by atoms with Crippen LogP contribution >= 0.6 is 0 Å². The summed E-state index contributed by atoms with van der Waals surface area (Å²) in [6.45, 7) is 4.58. The van der Waals surface area contributed by atoms with Crippen LogP contribution in [0.3, 0.4) is 0 Å². The van der Waals surface area contributed by atoms with Crippen molar-refractivity contribution in [2.24, 2.45) is 5.73 Å². The quantitative estimate of drug-likeness (QED) is 0.902. The normalized spacial score (nSPS) is 12.7. The van der Waals surface area contributed by atoms with Gasteiger partial charge in [-0.25, -0.2) is 9.07 Å². The van der Waals surface area contributed by atoms with Crippen molar-refractivity contribution in [3.8, 4) is 0 Å². The molecule has 96 valence electrons. The molecular formula is C13H17FN4. The molecule has 0 fully saturated rings. The van der Waals surface area contributed by atoms with Crippen molar-refractivity contribution in [2.75, 3.05) is 0 Å². The van der Waals surface area contributed by atoms with Gasteiger partial charge in [0, 0.05) is 6.54 Å². The molecule has 2 aromatic rings. The van der Waals surface area contributed by atoms with E-state index in [0.717, 1.165) is 24.2 Å². The van der Waals surface area contributed by atoms with Crippen LogP contribution in [0.4, 0.5) is 4.39 Å². The van der Waals surface area contributed by atoms with Crippen molar-refractivity contribution in [2.45, 2.75) is 32.9 Å². The predicted octanol–water partition coefficient (Wildman–Crippen LogP) is 2.18. The molecule has 0 saturated carbocycles. The van der Waals surface area contributed by atoms with Crippen LogP contribution in [0.25, 0.3) is 0 Å². The van der Waals surface area contributed by atoms with Crippen LogP contribution in [-0.2, 0) is 6.54 Å². The van der Waals surface area contributed by atoms with Crippen molar-refractivity contribution in [3.63, 3.8) is 0 Å². The maximum atomic E-state index is 13.2. The summed E-state index contributed by atoms with van der Waals surface area (Å²) in [6, 6.07) is 4.59. The second-order valence-corrected chi connectivity index (χ2v) is 4.37. The molecule has 1 atom stereocenters. The third-order valence-electron chi connectivity index (χ3n) is 2.94. The van der Waals surface area contributed by atoms with Gasteiger partial charge in [0.05, 0.1) is 17.9 Å². The van der Waals surface area contributed by atoms with E-state index in [0.29, 0.717) is 5.56 Å². The predicted molar refractivity (Wildman–Crippen MR) is 67.5 cm³/mol. The topological polar surface area (TPSA) is 56.7 Å². The Morgan fingerprint density at radius 3 is 2.89 bits per heavy atom. The van der Waals surface area contributed by atoms with Crippen LogP contribution in [0, 0.1) is 12.7 Å². The van der Waals surface area contributed by atoms with Gasteiger partial charge in [-0.1, -0.05) is 24.3 Å². The zero-order valence-electron chi connectivity index (χ0n) is 10.6. The molecule has 0 aliphatic carbocycles. The van der Waals surface area contributed by atoms with Crippen molar-refractivity contribution in [3.05, 3.63) is 47.0 Å². The Morgan fingerprint density at radius 2 is 2.22 bits per heavy atom. The maximum absolute atomic E-state index is 13.2. The first kappa shape index (κ1) is 12.7. The summed E-state index contributed by atoms with van der Waals surface area (Å²) in [6.07, 6.45) is 2.63. The third-order valence-corrected chi connectivity index (χ3v) is 2.94. The van der Waals surface area contributed by atoms with E-state index in [1.807, 2.05) is 0 Å². The fourth-order valence-electron chi connectivity index (χ4n) is 1.92. The molecule has 0 aliphatic rings. The minimum atomic E-state index is -0.328. The largest absolute Gasteiger partial charge is 0.319 e. The number of nitrogens with zero attached hydrogens (tertiary/aromatic N) is 3. The Kier molecular flexibility index (Phi) is 3.72. The molecule has 0 radical (unpaired) electrons. The number of aryl methyl sites for hydroxylation is 2. The van der Waals surface area contributed by atoms with Gasteiger partial charge in [0.1, 0.15) is 5.82 Å². The van der Waals surface area contributed by atoms with E-state index in [4.69, 9.17) is 5.73 Å². The number of rotatable bonds is 4. The maximum Gasteiger partial charge on any atom is 0.126 e. The van der Waals surface area contributed by atoms with Gasteiger partial charge in [-0.15, -0.1) is 5.10 Å². The van der Waals surface area contributed by atoms with E-state index in [9.17, 15) is 4.39 Å². The molecule has 0 saturated heterocycles. The molecular weight excluding hydrogens is 231 g/mol. The Balaban J connectivity index is 2.32. The van der Waals surface area contributed by atoms with Gasteiger partial charge in [-0.05, 0) is 30.5 Å². The molecule has 18 heavy (non-hydrogen) atoms. The van der Waals surface area contributed by atoms with E-state index in [1.54, 1.807) is 29.9 Å². The lowest BCUT2D eigenvalue weighted by atomic mass is 10.0. The summed E-state index contributed by atoms with van der Waals surface area (Å²) in [7, 11) is 0. The van der Waals surface area contributed by atoms with Crippen molar-refractivity contribution in [1.29, 1.82) is 0 Å². The minimum Gasteiger partial charge on any atom is -0.319 e. The molecule has 0 spiro atoms. The number of hydrogen-bond donors (Lipinski definition) is 1. The lowest BCUT2D eigenvalue weighted by Crippen LogP contribution is -2.17. The summed E-state index contributed by atoms with van der Waals surface area (Å²) in [5.74, 6) is -0.217. The van der Waals surface area contributed by atoms with E-state index >= 15 is 0 Å². The summed E-state index contributed by atoms with van der Waals surface area (Å²) < 4.78 is 15.0. The average Bonchev–Trinajstić information content (AvgIpc) is 2.80. The number of hydrogen-bond acceptors (Lipinski definition) is 3. The zero-order chi connectivity index (χ0) is 13.1. The highest BCUT2D eigenvalue weighted by Gasteiger charge is 2.15. The lowest BCUT2D eigenvalue weighted by Gasteiger charge is -2.14. The van der Waals surface area contributed by atoms with Crippen LogP contribution in [0.15, 0.2) is 24.4 Å². The summed E-state index contributed by atoms with van der Waals surface area (Å²) in [5, 5.41) is 7.89. The van der Waals surface area contributed by atoms with Crippen LogP contribution in [-0.4, -0.2) is 15.0 Å². The molecule has 0 bridgehead atoms. The molecule has 4 nitrogen and oxygen atoms in total. The van der Waals surface area contributed by atoms with Crippen LogP contribution < -0.4 is 5.73 Å². The van der Waals surface area contributed by atoms with E-state index in [-0.39, 0.29) is 11.9 Å². The Morgan fingerprint density at radius 1 is 1.44 bits per heavy atom. The molecule has 1 aromatic heterocycles. The van der Waals surface area contributed by atoms with Crippen molar-refractivity contribution >= 4 is 0 Å². The van der Waals surface area contributed by atoms with Gasteiger partial charge in [0.15, 0.2) is 0 Å². The molecule has 1 heterocycles. The van der Waals surface area contributed by atoms with Crippen molar-refractivity contribution < 1.29 is 4.39 Å². The molecule has 5 heteroatoms. The molecule has 0 amide bonds. The van der Waals surface area contributed by atoms with Crippen molar-refractivity contribution in [1.82, 2.24) is 15.0 Å². The fourth-order valence-corrected chi connectivity index (χ4v) is 1.92. The Labute approximate surface area is 106 Å². The van der Waals surface area contributed by atoms with Gasteiger partial charge in [-0.2, -0.15) is 0 Å². The van der Waals surface area contributed by atoms with E-state index in [1.165, 1.54) is 6.07 Å². The zero-order valence-corrected chi connectivity index (χ0v) is 10.6. The lowest BCUT2D eigenvalue weighted by molar-refractivity contribution is 0.543. The second kappa shape index (κ2) is 5.27. The smallest absolute Gasteiger partial charge is 0.126 e. The number of aromatic nitrogens is 3. The monoisotopic (exact) mass is 248 g/mol. The standard InChI is InChI=1S/C13H17FN4/c1-3-6-18-12(8-16-17-18)13(15)10-4-5-11(14)9(2)7-10/h4-5,7-8,13H,3,6,15H2,1-2H3. The van der Waals surface area contributed by atoms with Gasteiger partial charge in [-0.3, -0.25) is 0 Å². The summed E-state index contributed by atoms with van der Waals surface area (Å²) in [4.78, 5) is 0. The number of nitrogens with two attached hydrogens (primary N) is 1. The SMILES string of the molecule is CCCn1nncc1C(N)c1ccc(F)c(C)c1. The molecule has 1 aromatic carbocycles. The van der Waals surface area contributed by atoms with E-state index < -0.39 is 0 Å². The second-order valence-electron chi connectivity index (χ2n) is 4.37. The first-order valence-electron chi connectivity index (χ1n) is 6.03. The van der Waals surface area contributed by atoms with E-state index in [2.05, 4.69) is 17.2 Å². The third kappa shape index (κ3) is 2.41. The Bertz CT molecular complexity index is 536. The minimum absolute atomic E-state index is 0.217. The Hall–Kier alpha value is -1.75. The molecule has 2 N–H and O–H groups in total. The molecule has 1 unspecified atom stereocenters. The van der Waals surface area contributed by atoms with Crippen LogP contribution in [0.1, 0.15) is 36.2 Å². The van der Waals surface area contributed by atoms with Gasteiger partial charge < -0.3 is 5.73 Å².